The van der Waals surface area contributed by atoms with Crippen LogP contribution in [0, 0.1) is 13.8 Å². The van der Waals surface area contributed by atoms with Gasteiger partial charge in [0.25, 0.3) is 0 Å². The molecule has 0 N–H and O–H groups in total. The van der Waals surface area contributed by atoms with Gasteiger partial charge in [-0.1, -0.05) is 0 Å². The van der Waals surface area contributed by atoms with Crippen LogP contribution in [0.1, 0.15) is 21.7 Å². The summed E-state index contributed by atoms with van der Waals surface area (Å²) in [6, 6.07) is 1.86. The molecule has 0 radical (unpaired) electrons. The first-order chi connectivity index (χ1) is 6.06. The number of carbonyl (C=O) groups excluding carboxylic acids is 1. The lowest BCUT2D eigenvalue weighted by molar-refractivity contribution is 0.0593. The second-order valence-corrected chi connectivity index (χ2v) is 3.57. The first-order valence-corrected chi connectivity index (χ1v) is 4.57. The molecule has 1 aromatic rings. The largest absolute Gasteiger partial charge is 0.464 e. The molecule has 0 aliphatic carbocycles. The summed E-state index contributed by atoms with van der Waals surface area (Å²) in [5.74, 6) is -0.395. The molecule has 0 unspecified atom stereocenters. The van der Waals surface area contributed by atoms with E-state index in [9.17, 15) is 4.79 Å². The number of methoxy groups -OCH3 is 1. The molecular formula is C9H10BrNO2. The van der Waals surface area contributed by atoms with Crippen molar-refractivity contribution in [2.45, 2.75) is 13.8 Å². The van der Waals surface area contributed by atoms with Crippen molar-refractivity contribution in [3.63, 3.8) is 0 Å². The molecule has 0 saturated carbocycles. The number of pyridine rings is 1. The Morgan fingerprint density at radius 2 is 2.15 bits per heavy atom. The number of hydrogen-bond donors (Lipinski definition) is 0. The Kier molecular flexibility index (Phi) is 3.03. The van der Waals surface area contributed by atoms with Gasteiger partial charge in [-0.2, -0.15) is 0 Å². The Labute approximate surface area is 85.3 Å². The zero-order chi connectivity index (χ0) is 10.0. The van der Waals surface area contributed by atoms with E-state index < -0.39 is 5.97 Å². The topological polar surface area (TPSA) is 39.2 Å². The van der Waals surface area contributed by atoms with Crippen molar-refractivity contribution in [2.24, 2.45) is 0 Å². The minimum absolute atomic E-state index is 0.378. The van der Waals surface area contributed by atoms with Gasteiger partial charge in [-0.25, -0.2) is 9.78 Å². The fourth-order valence-electron chi connectivity index (χ4n) is 0.975. The highest BCUT2D eigenvalue weighted by molar-refractivity contribution is 9.10. The van der Waals surface area contributed by atoms with Crippen LogP contribution in [0.2, 0.25) is 0 Å². The van der Waals surface area contributed by atoms with Gasteiger partial charge in [0.1, 0.15) is 0 Å². The highest BCUT2D eigenvalue weighted by Gasteiger charge is 2.12. The fraction of sp³-hybridized carbons (Fsp3) is 0.333. The lowest BCUT2D eigenvalue weighted by Gasteiger charge is -2.05. The van der Waals surface area contributed by atoms with Gasteiger partial charge in [-0.3, -0.25) is 0 Å². The van der Waals surface area contributed by atoms with Gasteiger partial charge in [-0.05, 0) is 41.4 Å². The number of rotatable bonds is 1. The van der Waals surface area contributed by atoms with Crippen molar-refractivity contribution in [3.8, 4) is 0 Å². The normalized spacial score (nSPS) is 9.85. The lowest BCUT2D eigenvalue weighted by atomic mass is 10.2. The van der Waals surface area contributed by atoms with Crippen LogP contribution in [0.15, 0.2) is 10.5 Å². The SMILES string of the molecule is COC(=O)c1nc(C)c(Br)cc1C. The molecule has 0 aliphatic heterocycles. The quantitative estimate of drug-likeness (QED) is 0.711. The molecule has 70 valence electrons. The number of esters is 1. The van der Waals surface area contributed by atoms with Crippen molar-refractivity contribution in [2.75, 3.05) is 7.11 Å². The molecule has 4 heteroatoms. The number of nitrogens with zero attached hydrogens (tertiary/aromatic N) is 1. The molecule has 0 spiro atoms. The van der Waals surface area contributed by atoms with Gasteiger partial charge in [0, 0.05) is 4.47 Å². The zero-order valence-electron chi connectivity index (χ0n) is 7.72. The Morgan fingerprint density at radius 1 is 1.54 bits per heavy atom. The van der Waals surface area contributed by atoms with Crippen LogP contribution in [0.5, 0.6) is 0 Å². The third-order valence-electron chi connectivity index (χ3n) is 1.72. The number of hydrogen-bond acceptors (Lipinski definition) is 3. The van der Waals surface area contributed by atoms with Crippen LogP contribution < -0.4 is 0 Å². The lowest BCUT2D eigenvalue weighted by Crippen LogP contribution is -2.07. The first kappa shape index (κ1) is 10.2. The van der Waals surface area contributed by atoms with Crippen LogP contribution in [-0.4, -0.2) is 18.1 Å². The van der Waals surface area contributed by atoms with Crippen LogP contribution >= 0.6 is 15.9 Å². The predicted octanol–water partition coefficient (Wildman–Crippen LogP) is 2.25. The molecule has 0 aromatic carbocycles. The average molecular weight is 244 g/mol. The maximum atomic E-state index is 11.2. The average Bonchev–Trinajstić information content (AvgIpc) is 2.10. The molecule has 0 aliphatic rings. The van der Waals surface area contributed by atoms with E-state index in [-0.39, 0.29) is 0 Å². The smallest absolute Gasteiger partial charge is 0.356 e. The molecule has 0 atom stereocenters. The van der Waals surface area contributed by atoms with Crippen LogP contribution in [0.3, 0.4) is 0 Å². The maximum Gasteiger partial charge on any atom is 0.356 e. The van der Waals surface area contributed by atoms with Gasteiger partial charge in [0.05, 0.1) is 12.8 Å². The summed E-state index contributed by atoms with van der Waals surface area (Å²) < 4.78 is 5.50. The summed E-state index contributed by atoms with van der Waals surface area (Å²) in [5, 5.41) is 0. The number of carbonyl (C=O) groups is 1. The maximum absolute atomic E-state index is 11.2. The van der Waals surface area contributed by atoms with Crippen molar-refractivity contribution >= 4 is 21.9 Å². The van der Waals surface area contributed by atoms with Crippen molar-refractivity contribution in [1.29, 1.82) is 0 Å². The number of ether oxygens (including phenoxy) is 1. The second-order valence-electron chi connectivity index (χ2n) is 2.71. The van der Waals surface area contributed by atoms with E-state index in [0.29, 0.717) is 5.69 Å². The highest BCUT2D eigenvalue weighted by atomic mass is 79.9. The van der Waals surface area contributed by atoms with E-state index in [1.807, 2.05) is 19.9 Å². The van der Waals surface area contributed by atoms with Crippen molar-refractivity contribution in [1.82, 2.24) is 4.98 Å². The molecule has 13 heavy (non-hydrogen) atoms. The molecule has 0 amide bonds. The molecule has 0 saturated heterocycles. The van der Waals surface area contributed by atoms with E-state index in [2.05, 4.69) is 25.7 Å². The third kappa shape index (κ3) is 2.06. The van der Waals surface area contributed by atoms with Crippen LogP contribution in [0.4, 0.5) is 0 Å². The number of aromatic nitrogens is 1. The summed E-state index contributed by atoms with van der Waals surface area (Å²) in [6.45, 7) is 3.65. The Hall–Kier alpha value is -0.900. The minimum atomic E-state index is -0.395. The van der Waals surface area contributed by atoms with E-state index in [1.165, 1.54) is 7.11 Å². The van der Waals surface area contributed by atoms with E-state index in [0.717, 1.165) is 15.7 Å². The third-order valence-corrected chi connectivity index (χ3v) is 2.52. The monoisotopic (exact) mass is 243 g/mol. The summed E-state index contributed by atoms with van der Waals surface area (Å²) in [4.78, 5) is 15.3. The summed E-state index contributed by atoms with van der Waals surface area (Å²) >= 11 is 3.34. The molecule has 0 bridgehead atoms. The van der Waals surface area contributed by atoms with Crippen molar-refractivity contribution in [3.05, 3.63) is 27.5 Å². The standard InChI is InChI=1S/C9H10BrNO2/c1-5-4-7(10)6(2)11-8(5)9(12)13-3/h4H,1-3H3. The van der Waals surface area contributed by atoms with Gasteiger partial charge >= 0.3 is 5.97 Å². The fourth-order valence-corrected chi connectivity index (χ4v) is 1.41. The Bertz CT molecular complexity index is 350. The molecule has 1 rings (SSSR count). The Balaban J connectivity index is 3.23. The predicted molar refractivity (Wildman–Crippen MR) is 52.8 cm³/mol. The van der Waals surface area contributed by atoms with Gasteiger partial charge < -0.3 is 4.74 Å². The molecular weight excluding hydrogens is 234 g/mol. The molecule has 0 fully saturated rings. The van der Waals surface area contributed by atoms with E-state index in [1.54, 1.807) is 0 Å². The molecule has 1 aromatic heterocycles. The van der Waals surface area contributed by atoms with E-state index in [4.69, 9.17) is 0 Å². The van der Waals surface area contributed by atoms with Crippen LogP contribution in [0.25, 0.3) is 0 Å². The second kappa shape index (κ2) is 3.87. The Morgan fingerprint density at radius 3 is 2.69 bits per heavy atom. The number of halogens is 1. The summed E-state index contributed by atoms with van der Waals surface area (Å²) in [6.07, 6.45) is 0. The zero-order valence-corrected chi connectivity index (χ0v) is 9.31. The van der Waals surface area contributed by atoms with Crippen molar-refractivity contribution < 1.29 is 9.53 Å². The van der Waals surface area contributed by atoms with Gasteiger partial charge in [-0.15, -0.1) is 0 Å². The van der Waals surface area contributed by atoms with Crippen LogP contribution in [-0.2, 0) is 4.74 Å². The van der Waals surface area contributed by atoms with Gasteiger partial charge in [0.15, 0.2) is 5.69 Å². The van der Waals surface area contributed by atoms with Gasteiger partial charge in [0.2, 0.25) is 0 Å². The number of aryl methyl sites for hydroxylation is 2. The first-order valence-electron chi connectivity index (χ1n) is 3.78. The summed E-state index contributed by atoms with van der Waals surface area (Å²) in [5.41, 5.74) is 1.97. The molecule has 3 nitrogen and oxygen atoms in total. The highest BCUT2D eigenvalue weighted by Crippen LogP contribution is 2.18. The van der Waals surface area contributed by atoms with E-state index >= 15 is 0 Å². The summed E-state index contributed by atoms with van der Waals surface area (Å²) in [7, 11) is 1.35. The minimum Gasteiger partial charge on any atom is -0.464 e. The molecule has 1 heterocycles.